The zero-order valence-electron chi connectivity index (χ0n) is 10.6. The first-order valence-corrected chi connectivity index (χ1v) is 7.46. The second kappa shape index (κ2) is 5.34. The van der Waals surface area contributed by atoms with E-state index in [1.165, 1.54) is 0 Å². The number of carboxylic acids is 1. The maximum atomic E-state index is 12.5. The van der Waals surface area contributed by atoms with Gasteiger partial charge in [0.2, 0.25) is 10.9 Å². The van der Waals surface area contributed by atoms with E-state index in [1.807, 2.05) is 0 Å². The number of furan rings is 1. The zero-order chi connectivity index (χ0) is 15.8. The molecule has 10 heteroatoms. The highest BCUT2D eigenvalue weighted by Gasteiger charge is 2.43. The van der Waals surface area contributed by atoms with Crippen LogP contribution in [0.25, 0.3) is 0 Å². The van der Waals surface area contributed by atoms with Gasteiger partial charge in [-0.25, -0.2) is 13.2 Å². The third-order valence-electron chi connectivity index (χ3n) is 3.30. The fourth-order valence-electron chi connectivity index (χ4n) is 2.12. The van der Waals surface area contributed by atoms with Crippen LogP contribution in [0.5, 0.6) is 0 Å². The molecule has 1 aliphatic rings. The SMILES string of the molecule is O=C(O)c1ccc(S(=O)(=O)N2CCC(C(F)(F)F)CC2)o1. The van der Waals surface area contributed by atoms with Crippen LogP contribution in [0.3, 0.4) is 0 Å². The summed E-state index contributed by atoms with van der Waals surface area (Å²) in [5.74, 6) is -3.49. The van der Waals surface area contributed by atoms with Gasteiger partial charge in [0.25, 0.3) is 10.0 Å². The molecule has 1 aliphatic heterocycles. The number of sulfonamides is 1. The summed E-state index contributed by atoms with van der Waals surface area (Å²) in [7, 11) is -4.11. The summed E-state index contributed by atoms with van der Waals surface area (Å²) in [5, 5.41) is 8.09. The van der Waals surface area contributed by atoms with Crippen LogP contribution in [-0.4, -0.2) is 43.1 Å². The number of alkyl halides is 3. The van der Waals surface area contributed by atoms with Crippen molar-refractivity contribution in [3.63, 3.8) is 0 Å². The normalized spacial score (nSPS) is 18.8. The first kappa shape index (κ1) is 15.8. The molecule has 2 rings (SSSR count). The van der Waals surface area contributed by atoms with Crippen LogP contribution < -0.4 is 0 Å². The molecule has 0 aliphatic carbocycles. The number of carbonyl (C=O) groups is 1. The summed E-state index contributed by atoms with van der Waals surface area (Å²) >= 11 is 0. The van der Waals surface area contributed by atoms with Crippen LogP contribution in [0.2, 0.25) is 0 Å². The van der Waals surface area contributed by atoms with Crippen molar-refractivity contribution in [1.82, 2.24) is 4.31 Å². The van der Waals surface area contributed by atoms with Crippen LogP contribution >= 0.6 is 0 Å². The average Bonchev–Trinajstić information content (AvgIpc) is 2.88. The summed E-state index contributed by atoms with van der Waals surface area (Å²) in [6, 6.07) is 1.96. The Bertz CT molecular complexity index is 629. The van der Waals surface area contributed by atoms with Crippen molar-refractivity contribution < 1.29 is 35.9 Å². The molecule has 0 bridgehead atoms. The molecule has 1 N–H and O–H groups in total. The Morgan fingerprint density at radius 1 is 1.29 bits per heavy atom. The Balaban J connectivity index is 2.13. The maximum absolute atomic E-state index is 12.5. The van der Waals surface area contributed by atoms with Crippen molar-refractivity contribution in [2.45, 2.75) is 24.1 Å². The van der Waals surface area contributed by atoms with E-state index in [-0.39, 0.29) is 25.9 Å². The number of hydrogen-bond donors (Lipinski definition) is 1. The van der Waals surface area contributed by atoms with Gasteiger partial charge in [-0.05, 0) is 25.0 Å². The topological polar surface area (TPSA) is 87.8 Å². The molecule has 1 saturated heterocycles. The molecule has 0 atom stereocenters. The van der Waals surface area contributed by atoms with E-state index in [4.69, 9.17) is 9.52 Å². The number of hydrogen-bond acceptors (Lipinski definition) is 4. The maximum Gasteiger partial charge on any atom is 0.391 e. The predicted octanol–water partition coefficient (Wildman–Crippen LogP) is 1.94. The van der Waals surface area contributed by atoms with E-state index in [0.717, 1.165) is 16.4 Å². The summed E-state index contributed by atoms with van der Waals surface area (Å²) in [6.45, 7) is -0.564. The summed E-state index contributed by atoms with van der Waals surface area (Å²) < 4.78 is 67.4. The molecule has 1 aromatic rings. The van der Waals surface area contributed by atoms with Gasteiger partial charge >= 0.3 is 12.1 Å². The standard InChI is InChI=1S/C11H12F3NO5S/c12-11(13,14)7-3-5-15(6-4-7)21(18,19)9-2-1-8(20-9)10(16)17/h1-2,7H,3-6H2,(H,16,17). The van der Waals surface area contributed by atoms with Gasteiger partial charge in [0.1, 0.15) is 0 Å². The smallest absolute Gasteiger partial charge is 0.391 e. The van der Waals surface area contributed by atoms with Gasteiger partial charge in [-0.15, -0.1) is 0 Å². The zero-order valence-corrected chi connectivity index (χ0v) is 11.4. The minimum absolute atomic E-state index is 0.282. The molecule has 2 heterocycles. The van der Waals surface area contributed by atoms with E-state index in [2.05, 4.69) is 0 Å². The lowest BCUT2D eigenvalue weighted by molar-refractivity contribution is -0.182. The molecular formula is C11H12F3NO5S. The molecule has 0 saturated carbocycles. The van der Waals surface area contributed by atoms with E-state index in [0.29, 0.717) is 0 Å². The molecule has 118 valence electrons. The van der Waals surface area contributed by atoms with Crippen molar-refractivity contribution >= 4 is 16.0 Å². The predicted molar refractivity (Wildman–Crippen MR) is 63.2 cm³/mol. The summed E-state index contributed by atoms with van der Waals surface area (Å²) in [4.78, 5) is 10.6. The van der Waals surface area contributed by atoms with Crippen molar-refractivity contribution in [2.24, 2.45) is 5.92 Å². The van der Waals surface area contributed by atoms with Gasteiger partial charge in [0.15, 0.2) is 0 Å². The quantitative estimate of drug-likeness (QED) is 0.916. The van der Waals surface area contributed by atoms with E-state index in [9.17, 15) is 26.4 Å². The van der Waals surface area contributed by atoms with E-state index >= 15 is 0 Å². The minimum atomic E-state index is -4.34. The van der Waals surface area contributed by atoms with Crippen LogP contribution in [0.4, 0.5) is 13.2 Å². The molecule has 1 fully saturated rings. The number of aromatic carboxylic acids is 1. The second-order valence-corrected chi connectivity index (χ2v) is 6.51. The second-order valence-electron chi connectivity index (χ2n) is 4.64. The van der Waals surface area contributed by atoms with Crippen molar-refractivity contribution in [2.75, 3.05) is 13.1 Å². The Hall–Kier alpha value is -1.55. The lowest BCUT2D eigenvalue weighted by Gasteiger charge is -2.31. The fraction of sp³-hybridized carbons (Fsp3) is 0.545. The van der Waals surface area contributed by atoms with E-state index < -0.39 is 38.9 Å². The largest absolute Gasteiger partial charge is 0.475 e. The molecule has 6 nitrogen and oxygen atoms in total. The molecule has 0 unspecified atom stereocenters. The van der Waals surface area contributed by atoms with Gasteiger partial charge in [-0.2, -0.15) is 17.5 Å². The van der Waals surface area contributed by atoms with Crippen molar-refractivity contribution in [1.29, 1.82) is 0 Å². The lowest BCUT2D eigenvalue weighted by atomic mass is 9.98. The fourth-order valence-corrected chi connectivity index (χ4v) is 3.51. The number of nitrogens with zero attached hydrogens (tertiary/aromatic N) is 1. The van der Waals surface area contributed by atoms with Crippen LogP contribution in [0.1, 0.15) is 23.4 Å². The third-order valence-corrected chi connectivity index (χ3v) is 5.08. The van der Waals surface area contributed by atoms with E-state index in [1.54, 1.807) is 0 Å². The van der Waals surface area contributed by atoms with Gasteiger partial charge in [0.05, 0.1) is 5.92 Å². The van der Waals surface area contributed by atoms with Gasteiger partial charge in [0, 0.05) is 13.1 Å². The third kappa shape index (κ3) is 3.21. The highest BCUT2D eigenvalue weighted by Crippen LogP contribution is 2.35. The van der Waals surface area contributed by atoms with Crippen LogP contribution in [0.15, 0.2) is 21.6 Å². The van der Waals surface area contributed by atoms with Crippen molar-refractivity contribution in [3.8, 4) is 0 Å². The first-order valence-electron chi connectivity index (χ1n) is 6.02. The molecule has 0 radical (unpaired) electrons. The number of rotatable bonds is 3. The highest BCUT2D eigenvalue weighted by molar-refractivity contribution is 7.89. The molecule has 0 aromatic carbocycles. The lowest BCUT2D eigenvalue weighted by Crippen LogP contribution is -2.41. The van der Waals surface area contributed by atoms with Gasteiger partial charge in [-0.3, -0.25) is 0 Å². The van der Waals surface area contributed by atoms with Crippen LogP contribution in [0, 0.1) is 5.92 Å². The Morgan fingerprint density at radius 3 is 2.29 bits per heavy atom. The molecule has 0 spiro atoms. The Kier molecular flexibility index (Phi) is 4.02. The molecule has 21 heavy (non-hydrogen) atoms. The highest BCUT2D eigenvalue weighted by atomic mass is 32.2. The molecule has 1 aromatic heterocycles. The van der Waals surface area contributed by atoms with Gasteiger partial charge < -0.3 is 9.52 Å². The summed E-state index contributed by atoms with van der Waals surface area (Å²) in [5.41, 5.74) is 0. The first-order chi connectivity index (χ1) is 9.62. The minimum Gasteiger partial charge on any atom is -0.475 e. The van der Waals surface area contributed by atoms with Gasteiger partial charge in [-0.1, -0.05) is 0 Å². The summed E-state index contributed by atoms with van der Waals surface area (Å²) in [6.07, 6.45) is -4.98. The Morgan fingerprint density at radius 2 is 1.86 bits per heavy atom. The number of carboxylic acid groups (broad SMARTS) is 1. The number of piperidine rings is 1. The average molecular weight is 327 g/mol. The van der Waals surface area contributed by atoms with Crippen LogP contribution in [-0.2, 0) is 10.0 Å². The Labute approximate surface area is 118 Å². The number of halogens is 3. The monoisotopic (exact) mass is 327 g/mol. The van der Waals surface area contributed by atoms with Crippen molar-refractivity contribution in [3.05, 3.63) is 17.9 Å². The molecular weight excluding hydrogens is 315 g/mol. The molecule has 0 amide bonds.